The van der Waals surface area contributed by atoms with Crippen molar-refractivity contribution in [3.05, 3.63) is 30.1 Å². The van der Waals surface area contributed by atoms with Gasteiger partial charge in [-0.1, -0.05) is 18.9 Å². The Bertz CT molecular complexity index is 433. The molecule has 2 aliphatic carbocycles. The summed E-state index contributed by atoms with van der Waals surface area (Å²) in [5.74, 6) is 1.97. The third kappa shape index (κ3) is 2.80. The Morgan fingerprint density at radius 2 is 2.11 bits per heavy atom. The minimum Gasteiger partial charge on any atom is -0.353 e. The highest BCUT2D eigenvalue weighted by molar-refractivity contribution is 5.82. The molecule has 2 saturated carbocycles. The van der Waals surface area contributed by atoms with E-state index in [2.05, 4.69) is 17.2 Å². The molecule has 3 rings (SSSR count). The van der Waals surface area contributed by atoms with Gasteiger partial charge in [0.2, 0.25) is 5.91 Å². The molecule has 0 unspecified atom stereocenters. The molecule has 3 nitrogen and oxygen atoms in total. The number of nitrogens with zero attached hydrogens (tertiary/aromatic N) is 1. The lowest BCUT2D eigenvalue weighted by Gasteiger charge is -2.13. The zero-order chi connectivity index (χ0) is 13.2. The van der Waals surface area contributed by atoms with E-state index in [9.17, 15) is 4.79 Å². The summed E-state index contributed by atoms with van der Waals surface area (Å²) in [4.78, 5) is 16.5. The smallest absolute Gasteiger partial charge is 0.223 e. The summed E-state index contributed by atoms with van der Waals surface area (Å²) in [6.45, 7) is 2.07. The van der Waals surface area contributed by atoms with Crippen molar-refractivity contribution in [3.8, 4) is 0 Å². The van der Waals surface area contributed by atoms with Gasteiger partial charge in [0.05, 0.1) is 0 Å². The Morgan fingerprint density at radius 1 is 1.37 bits per heavy atom. The summed E-state index contributed by atoms with van der Waals surface area (Å²) in [5.41, 5.74) is 1.04. The van der Waals surface area contributed by atoms with Crippen molar-refractivity contribution in [2.75, 3.05) is 0 Å². The molecule has 1 N–H and O–H groups in total. The topological polar surface area (TPSA) is 42.0 Å². The highest BCUT2D eigenvalue weighted by Gasteiger charge is 2.54. The number of aromatic nitrogens is 1. The van der Waals surface area contributed by atoms with Gasteiger partial charge in [0.1, 0.15) is 0 Å². The van der Waals surface area contributed by atoms with Crippen molar-refractivity contribution in [1.82, 2.24) is 10.3 Å². The van der Waals surface area contributed by atoms with E-state index in [1.54, 1.807) is 6.20 Å². The van der Waals surface area contributed by atoms with Gasteiger partial charge < -0.3 is 5.32 Å². The quantitative estimate of drug-likeness (QED) is 0.902. The van der Waals surface area contributed by atoms with Gasteiger partial charge in [0.25, 0.3) is 0 Å². The molecule has 3 heteroatoms. The van der Waals surface area contributed by atoms with Crippen LogP contribution in [0.2, 0.25) is 0 Å². The van der Waals surface area contributed by atoms with Crippen LogP contribution in [0, 0.1) is 17.8 Å². The maximum absolute atomic E-state index is 12.2. The molecule has 1 amide bonds. The number of amides is 1. The van der Waals surface area contributed by atoms with Crippen molar-refractivity contribution >= 4 is 5.91 Å². The van der Waals surface area contributed by atoms with Crippen LogP contribution in [0.15, 0.2) is 24.4 Å². The van der Waals surface area contributed by atoms with E-state index in [0.29, 0.717) is 17.8 Å². The Balaban J connectivity index is 1.50. The van der Waals surface area contributed by atoms with Crippen LogP contribution in [0.3, 0.4) is 0 Å². The summed E-state index contributed by atoms with van der Waals surface area (Å²) in [7, 11) is 0. The first-order valence-electron chi connectivity index (χ1n) is 7.46. The van der Waals surface area contributed by atoms with Gasteiger partial charge in [-0.15, -0.1) is 0 Å². The average Bonchev–Trinajstić information content (AvgIpc) is 3.14. The predicted octanol–water partition coefficient (Wildman–Crippen LogP) is 2.57. The zero-order valence-corrected chi connectivity index (χ0v) is 11.5. The zero-order valence-electron chi connectivity index (χ0n) is 11.5. The molecule has 0 bridgehead atoms. The Kier molecular flexibility index (Phi) is 3.54. The van der Waals surface area contributed by atoms with Crippen molar-refractivity contribution in [3.63, 3.8) is 0 Å². The van der Waals surface area contributed by atoms with Crippen LogP contribution in [-0.4, -0.2) is 16.9 Å². The maximum Gasteiger partial charge on any atom is 0.223 e. The van der Waals surface area contributed by atoms with Gasteiger partial charge in [-0.2, -0.15) is 0 Å². The summed E-state index contributed by atoms with van der Waals surface area (Å²) in [6, 6.07) is 6.10. The second-order valence-electron chi connectivity index (χ2n) is 6.07. The first kappa shape index (κ1) is 12.6. The van der Waals surface area contributed by atoms with Crippen molar-refractivity contribution < 1.29 is 4.79 Å². The third-order valence-corrected chi connectivity index (χ3v) is 4.59. The minimum atomic E-state index is 0.171. The summed E-state index contributed by atoms with van der Waals surface area (Å²) in [5, 5.41) is 3.17. The van der Waals surface area contributed by atoms with Crippen LogP contribution in [0.25, 0.3) is 0 Å². The molecule has 2 fully saturated rings. The van der Waals surface area contributed by atoms with Crippen molar-refractivity contribution in [2.45, 2.75) is 45.1 Å². The van der Waals surface area contributed by atoms with E-state index >= 15 is 0 Å². The normalized spacial score (nSPS) is 30.3. The molecule has 2 aliphatic rings. The minimum absolute atomic E-state index is 0.171. The van der Waals surface area contributed by atoms with Crippen LogP contribution in [0.1, 0.15) is 38.3 Å². The second kappa shape index (κ2) is 5.32. The molecule has 0 aromatic carbocycles. The number of hydrogen-bond acceptors (Lipinski definition) is 2. The molecule has 1 aromatic rings. The number of nitrogens with one attached hydrogen (secondary N) is 1. The first-order valence-corrected chi connectivity index (χ1v) is 7.46. The lowest BCUT2D eigenvalue weighted by molar-refractivity contribution is -0.123. The molecular weight excluding hydrogens is 236 g/mol. The number of rotatable bonds is 4. The van der Waals surface area contributed by atoms with Crippen LogP contribution in [0.5, 0.6) is 0 Å². The summed E-state index contributed by atoms with van der Waals surface area (Å²) in [6.07, 6.45) is 7.77. The molecule has 0 saturated heterocycles. The molecule has 102 valence electrons. The molecule has 1 heterocycles. The average molecular weight is 258 g/mol. The molecule has 0 spiro atoms. The van der Waals surface area contributed by atoms with Crippen LogP contribution >= 0.6 is 0 Å². The lowest BCUT2D eigenvalue weighted by Crippen LogP contribution is -2.36. The number of pyridine rings is 1. The van der Waals surface area contributed by atoms with Crippen molar-refractivity contribution in [1.29, 1.82) is 0 Å². The lowest BCUT2D eigenvalue weighted by atomic mass is 10.0. The summed E-state index contributed by atoms with van der Waals surface area (Å²) >= 11 is 0. The van der Waals surface area contributed by atoms with Crippen LogP contribution in [-0.2, 0) is 11.2 Å². The Labute approximate surface area is 114 Å². The van der Waals surface area contributed by atoms with Gasteiger partial charge in [-0.05, 0) is 43.7 Å². The number of carbonyl (C=O) groups is 1. The van der Waals surface area contributed by atoms with Gasteiger partial charge in [-0.25, -0.2) is 0 Å². The van der Waals surface area contributed by atoms with Gasteiger partial charge in [0, 0.05) is 30.3 Å². The fourth-order valence-electron chi connectivity index (χ4n) is 3.60. The van der Waals surface area contributed by atoms with E-state index in [1.165, 1.54) is 25.7 Å². The molecule has 1 aromatic heterocycles. The second-order valence-corrected chi connectivity index (χ2v) is 6.07. The van der Waals surface area contributed by atoms with E-state index in [1.807, 2.05) is 18.2 Å². The van der Waals surface area contributed by atoms with Crippen molar-refractivity contribution in [2.24, 2.45) is 17.8 Å². The third-order valence-electron chi connectivity index (χ3n) is 4.59. The van der Waals surface area contributed by atoms with E-state index < -0.39 is 0 Å². The van der Waals surface area contributed by atoms with Gasteiger partial charge in [-0.3, -0.25) is 9.78 Å². The standard InChI is InChI=1S/C16H22N2O/c1-11(10-12-6-4-5-9-17-12)18-16(19)15-13-7-2-3-8-14(13)15/h4-6,9,11,13-15H,2-3,7-8,10H2,1H3,(H,18,19)/t11-,13-,14-/m0/s1. The first-order chi connectivity index (χ1) is 9.25. The van der Waals surface area contributed by atoms with Gasteiger partial charge >= 0.3 is 0 Å². The summed E-state index contributed by atoms with van der Waals surface area (Å²) < 4.78 is 0. The predicted molar refractivity (Wildman–Crippen MR) is 74.5 cm³/mol. The molecule has 3 atom stereocenters. The highest BCUT2D eigenvalue weighted by atomic mass is 16.2. The number of hydrogen-bond donors (Lipinski definition) is 1. The fraction of sp³-hybridized carbons (Fsp3) is 0.625. The molecule has 0 aliphatic heterocycles. The van der Waals surface area contributed by atoms with E-state index in [-0.39, 0.29) is 11.9 Å². The molecule has 0 radical (unpaired) electrons. The van der Waals surface area contributed by atoms with E-state index in [4.69, 9.17) is 0 Å². The number of fused-ring (bicyclic) bond motifs is 1. The number of carbonyl (C=O) groups excluding carboxylic acids is 1. The largest absolute Gasteiger partial charge is 0.353 e. The fourth-order valence-corrected chi connectivity index (χ4v) is 3.60. The van der Waals surface area contributed by atoms with Crippen LogP contribution in [0.4, 0.5) is 0 Å². The Morgan fingerprint density at radius 3 is 2.74 bits per heavy atom. The Hall–Kier alpha value is -1.38. The molecular formula is C16H22N2O. The van der Waals surface area contributed by atoms with Crippen LogP contribution < -0.4 is 5.32 Å². The van der Waals surface area contributed by atoms with E-state index in [0.717, 1.165) is 12.1 Å². The highest BCUT2D eigenvalue weighted by Crippen LogP contribution is 2.55. The monoisotopic (exact) mass is 258 g/mol. The SMILES string of the molecule is C[C@@H](Cc1ccccn1)NC(=O)C1[C@H]2CCCC[C@H]12. The van der Waals surface area contributed by atoms with Gasteiger partial charge in [0.15, 0.2) is 0 Å². The molecule has 19 heavy (non-hydrogen) atoms. The maximum atomic E-state index is 12.2.